The summed E-state index contributed by atoms with van der Waals surface area (Å²) in [5.41, 5.74) is 10.1. The van der Waals surface area contributed by atoms with Gasteiger partial charge in [0.25, 0.3) is 0 Å². The van der Waals surface area contributed by atoms with Crippen LogP contribution in [0.5, 0.6) is 0 Å². The average molecular weight is 356 g/mol. The van der Waals surface area contributed by atoms with Gasteiger partial charge in [-0.15, -0.1) is 5.10 Å². The monoisotopic (exact) mass is 356 g/mol. The van der Waals surface area contributed by atoms with Crippen LogP contribution < -0.4 is 5.73 Å². The lowest BCUT2D eigenvalue weighted by atomic mass is 10.1. The smallest absolute Gasteiger partial charge is 0.184 e. The first-order valence-electron chi connectivity index (χ1n) is 8.60. The van der Waals surface area contributed by atoms with Crippen molar-refractivity contribution in [3.63, 3.8) is 0 Å². The Morgan fingerprint density at radius 1 is 1.00 bits per heavy atom. The van der Waals surface area contributed by atoms with Crippen LogP contribution in [0.2, 0.25) is 0 Å². The maximum Gasteiger partial charge on any atom is 0.184 e. The van der Waals surface area contributed by atoms with Gasteiger partial charge >= 0.3 is 0 Å². The van der Waals surface area contributed by atoms with Crippen molar-refractivity contribution >= 4 is 22.4 Å². The number of pyridine rings is 1. The fourth-order valence-corrected chi connectivity index (χ4v) is 3.14. The molecule has 8 nitrogen and oxygen atoms in total. The molecule has 8 heteroatoms. The number of benzene rings is 1. The van der Waals surface area contributed by atoms with Gasteiger partial charge in [0, 0.05) is 18.3 Å². The third-order valence-corrected chi connectivity index (χ3v) is 4.52. The van der Waals surface area contributed by atoms with Crippen LogP contribution in [0.25, 0.3) is 28.1 Å². The number of fused-ring (bicyclic) bond motifs is 3. The van der Waals surface area contributed by atoms with Crippen LogP contribution in [0.3, 0.4) is 0 Å². The zero-order valence-corrected chi connectivity index (χ0v) is 14.4. The summed E-state index contributed by atoms with van der Waals surface area (Å²) in [4.78, 5) is 13.2. The molecule has 0 fully saturated rings. The predicted molar refractivity (Wildman–Crippen MR) is 102 cm³/mol. The number of nitrogens with zero attached hydrogens (tertiary/aromatic N) is 7. The van der Waals surface area contributed by atoms with Gasteiger partial charge in [-0.25, -0.2) is 19.2 Å². The lowest BCUT2D eigenvalue weighted by Gasteiger charge is -2.03. The van der Waals surface area contributed by atoms with E-state index in [9.17, 15) is 0 Å². The molecule has 0 aliphatic carbocycles. The molecule has 0 saturated carbocycles. The third kappa shape index (κ3) is 2.67. The molecule has 1 aromatic carbocycles. The quantitative estimate of drug-likeness (QED) is 0.531. The molecule has 0 saturated heterocycles. The van der Waals surface area contributed by atoms with E-state index in [2.05, 4.69) is 37.3 Å². The van der Waals surface area contributed by atoms with Gasteiger partial charge in [-0.1, -0.05) is 30.3 Å². The van der Waals surface area contributed by atoms with Crippen LogP contribution in [-0.4, -0.2) is 34.3 Å². The molecule has 0 unspecified atom stereocenters. The van der Waals surface area contributed by atoms with Gasteiger partial charge < -0.3 is 5.73 Å². The average Bonchev–Trinajstić information content (AvgIpc) is 3.31. The van der Waals surface area contributed by atoms with Crippen LogP contribution in [0.15, 0.2) is 61.3 Å². The van der Waals surface area contributed by atoms with Crippen molar-refractivity contribution in [1.29, 1.82) is 0 Å². The maximum absolute atomic E-state index is 6.00. The van der Waals surface area contributed by atoms with E-state index < -0.39 is 0 Å². The van der Waals surface area contributed by atoms with E-state index in [1.54, 1.807) is 35.5 Å². The summed E-state index contributed by atoms with van der Waals surface area (Å²) in [5, 5.41) is 9.85. The molecule has 0 atom stereocenters. The summed E-state index contributed by atoms with van der Waals surface area (Å²) in [7, 11) is 0. The number of anilines is 1. The number of hydrogen-bond acceptors (Lipinski definition) is 6. The van der Waals surface area contributed by atoms with Gasteiger partial charge in [0.2, 0.25) is 0 Å². The first-order chi connectivity index (χ1) is 13.3. The molecule has 5 rings (SSSR count). The lowest BCUT2D eigenvalue weighted by molar-refractivity contribution is 0.629. The van der Waals surface area contributed by atoms with Crippen LogP contribution in [-0.2, 0) is 13.0 Å². The molecule has 4 heterocycles. The first-order valence-corrected chi connectivity index (χ1v) is 8.60. The third-order valence-electron chi connectivity index (χ3n) is 4.52. The zero-order valence-electron chi connectivity index (χ0n) is 14.4. The number of aryl methyl sites for hydroxylation is 2. The van der Waals surface area contributed by atoms with E-state index in [0.717, 1.165) is 29.6 Å². The Hall–Kier alpha value is -3.81. The van der Waals surface area contributed by atoms with Crippen molar-refractivity contribution in [2.24, 2.45) is 0 Å². The van der Waals surface area contributed by atoms with Gasteiger partial charge in [0.1, 0.15) is 6.33 Å². The number of nitrogens with two attached hydrogens (primary N) is 1. The minimum atomic E-state index is 0.538. The van der Waals surface area contributed by atoms with E-state index in [1.165, 1.54) is 5.56 Å². The highest BCUT2D eigenvalue weighted by atomic mass is 15.3. The molecule has 2 N–H and O–H groups in total. The second kappa shape index (κ2) is 6.17. The molecule has 4 aromatic heterocycles. The Balaban J connectivity index is 1.54. The minimum Gasteiger partial charge on any atom is -0.397 e. The van der Waals surface area contributed by atoms with Crippen molar-refractivity contribution in [2.45, 2.75) is 13.0 Å². The molecule has 0 bridgehead atoms. The fraction of sp³-hybridized carbons (Fsp3) is 0.105. The Bertz CT molecular complexity index is 1240. The molecule has 0 aliphatic rings. The van der Waals surface area contributed by atoms with Gasteiger partial charge in [-0.05, 0) is 18.1 Å². The fourth-order valence-electron chi connectivity index (χ4n) is 3.14. The normalized spacial score (nSPS) is 11.4. The van der Waals surface area contributed by atoms with Crippen molar-refractivity contribution in [3.8, 4) is 11.4 Å². The number of rotatable bonds is 4. The standard InChI is InChI=1S/C19H16N8/c20-16-11-21-8-6-14(16)17-24-19-15-10-23-26(18(15)22-12-27(19)25-17)9-7-13-4-2-1-3-5-13/h1-6,8,10-12H,7,9,20H2. The molecule has 0 radical (unpaired) electrons. The summed E-state index contributed by atoms with van der Waals surface area (Å²) < 4.78 is 3.55. The van der Waals surface area contributed by atoms with E-state index in [-0.39, 0.29) is 0 Å². The predicted octanol–water partition coefficient (Wildman–Crippen LogP) is 2.36. The van der Waals surface area contributed by atoms with Crippen LogP contribution in [0.4, 0.5) is 5.69 Å². The summed E-state index contributed by atoms with van der Waals surface area (Å²) >= 11 is 0. The Morgan fingerprint density at radius 3 is 2.74 bits per heavy atom. The van der Waals surface area contributed by atoms with Gasteiger partial charge in [0.05, 0.1) is 23.5 Å². The maximum atomic E-state index is 6.00. The summed E-state index contributed by atoms with van der Waals surface area (Å²) in [6.45, 7) is 0.745. The van der Waals surface area contributed by atoms with Crippen molar-refractivity contribution in [3.05, 3.63) is 66.9 Å². The highest BCUT2D eigenvalue weighted by Crippen LogP contribution is 2.24. The Morgan fingerprint density at radius 2 is 1.89 bits per heavy atom. The summed E-state index contributed by atoms with van der Waals surface area (Å²) in [6.07, 6.45) is 7.60. The van der Waals surface area contributed by atoms with Crippen LogP contribution in [0, 0.1) is 0 Å². The summed E-state index contributed by atoms with van der Waals surface area (Å²) in [5.74, 6) is 0.543. The highest BCUT2D eigenvalue weighted by molar-refractivity contribution is 5.89. The zero-order chi connectivity index (χ0) is 18.2. The number of hydrogen-bond donors (Lipinski definition) is 1. The number of nitrogen functional groups attached to an aromatic ring is 1. The molecule has 27 heavy (non-hydrogen) atoms. The van der Waals surface area contributed by atoms with E-state index in [4.69, 9.17) is 5.73 Å². The van der Waals surface area contributed by atoms with Crippen LogP contribution >= 0.6 is 0 Å². The second-order valence-corrected chi connectivity index (χ2v) is 6.25. The van der Waals surface area contributed by atoms with Gasteiger partial charge in [0.15, 0.2) is 17.1 Å². The molecular weight excluding hydrogens is 340 g/mol. The molecule has 0 aliphatic heterocycles. The van der Waals surface area contributed by atoms with Crippen molar-refractivity contribution < 1.29 is 0 Å². The lowest BCUT2D eigenvalue weighted by Crippen LogP contribution is -2.04. The SMILES string of the molecule is Nc1cnccc1-c1nc2c3cnn(CCc4ccccc4)c3ncn2n1. The molecule has 132 valence electrons. The molecule has 5 aromatic rings. The van der Waals surface area contributed by atoms with Crippen LogP contribution in [0.1, 0.15) is 5.56 Å². The topological polar surface area (TPSA) is 99.8 Å². The minimum absolute atomic E-state index is 0.538. The molecule has 0 spiro atoms. The van der Waals surface area contributed by atoms with Gasteiger partial charge in [-0.3, -0.25) is 4.98 Å². The van der Waals surface area contributed by atoms with E-state index >= 15 is 0 Å². The highest BCUT2D eigenvalue weighted by Gasteiger charge is 2.14. The Kier molecular flexibility index (Phi) is 3.53. The number of aromatic nitrogens is 7. The molecule has 0 amide bonds. The first kappa shape index (κ1) is 15.4. The van der Waals surface area contributed by atoms with Gasteiger partial charge in [-0.2, -0.15) is 5.10 Å². The largest absolute Gasteiger partial charge is 0.397 e. The van der Waals surface area contributed by atoms with Crippen molar-refractivity contribution in [1.82, 2.24) is 34.3 Å². The summed E-state index contributed by atoms with van der Waals surface area (Å²) in [6, 6.07) is 12.1. The molecular formula is C19H16N8. The van der Waals surface area contributed by atoms with Crippen molar-refractivity contribution in [2.75, 3.05) is 5.73 Å². The van der Waals surface area contributed by atoms with E-state index in [0.29, 0.717) is 17.2 Å². The second-order valence-electron chi connectivity index (χ2n) is 6.25. The Labute approximate surface area is 154 Å². The van der Waals surface area contributed by atoms with E-state index in [1.807, 2.05) is 22.9 Å².